The smallest absolute Gasteiger partial charge is 0.303 e. The van der Waals surface area contributed by atoms with Crippen LogP contribution >= 0.6 is 0 Å². The molecule has 70 heavy (non-hydrogen) atoms. The number of unbranched alkanes of at least 4 members (excludes halogenated alkanes) is 22. The average Bonchev–Trinajstić information content (AvgIpc) is 3.35. The normalized spacial score (nSPS) is 12.7. The first-order valence-corrected chi connectivity index (χ1v) is 28.8. The first-order chi connectivity index (χ1) is 34.5. The van der Waals surface area contributed by atoms with Gasteiger partial charge >= 0.3 is 11.9 Å². The molecule has 0 aromatic rings. The number of carboxylic acids is 2. The summed E-state index contributed by atoms with van der Waals surface area (Å²) in [7, 11) is 0. The number of carbonyl (C=O) groups is 2. The molecule has 0 aliphatic heterocycles. The summed E-state index contributed by atoms with van der Waals surface area (Å²) in [5.74, 6) is -1.32. The molecular formula is C66H108O4. The number of hydrogen-bond acceptors (Lipinski definition) is 2. The molecule has 0 amide bonds. The second-order valence-corrected chi connectivity index (χ2v) is 18.5. The van der Waals surface area contributed by atoms with Crippen molar-refractivity contribution >= 4 is 11.9 Å². The van der Waals surface area contributed by atoms with Crippen LogP contribution in [0.1, 0.15) is 258 Å². The largest absolute Gasteiger partial charge is 0.481 e. The van der Waals surface area contributed by atoms with Crippen LogP contribution in [-0.2, 0) is 9.59 Å². The van der Waals surface area contributed by atoms with Gasteiger partial charge in [-0.3, -0.25) is 9.59 Å². The van der Waals surface area contributed by atoms with Crippen LogP contribution in [0.25, 0.3) is 0 Å². The molecule has 2 N–H and O–H groups in total. The Labute approximate surface area is 433 Å². The van der Waals surface area contributed by atoms with Gasteiger partial charge in [0.25, 0.3) is 0 Å². The molecule has 0 heterocycles. The van der Waals surface area contributed by atoms with Gasteiger partial charge in [0.2, 0.25) is 0 Å². The lowest BCUT2D eigenvalue weighted by molar-refractivity contribution is -0.138. The predicted molar refractivity (Wildman–Crippen MR) is 312 cm³/mol. The number of hydrogen-bond donors (Lipinski definition) is 2. The Hall–Kier alpha value is -4.18. The van der Waals surface area contributed by atoms with Gasteiger partial charge in [0.05, 0.1) is 0 Å². The third-order valence-electron chi connectivity index (χ3n) is 11.7. The van der Waals surface area contributed by atoms with Gasteiger partial charge in [-0.25, -0.2) is 0 Å². The van der Waals surface area contributed by atoms with E-state index in [1.165, 1.54) is 128 Å². The minimum Gasteiger partial charge on any atom is -0.481 e. The molecule has 0 atom stereocenters. The van der Waals surface area contributed by atoms with Crippen LogP contribution < -0.4 is 0 Å². The molecule has 0 aromatic heterocycles. The zero-order valence-electron chi connectivity index (χ0n) is 45.4. The Kier molecular flexibility index (Phi) is 62.9. The van der Waals surface area contributed by atoms with Crippen molar-refractivity contribution in [3.05, 3.63) is 146 Å². The van der Waals surface area contributed by atoms with Gasteiger partial charge in [-0.05, 0) is 116 Å². The number of rotatable bonds is 50. The quantitative estimate of drug-likeness (QED) is 0.0471. The van der Waals surface area contributed by atoms with E-state index in [-0.39, 0.29) is 0 Å². The van der Waals surface area contributed by atoms with Crippen molar-refractivity contribution < 1.29 is 19.8 Å². The van der Waals surface area contributed by atoms with Crippen molar-refractivity contribution in [3.63, 3.8) is 0 Å². The van der Waals surface area contributed by atoms with Crippen LogP contribution in [0.2, 0.25) is 0 Å². The first kappa shape index (κ1) is 67.9. The molecule has 0 aliphatic carbocycles. The summed E-state index contributed by atoms with van der Waals surface area (Å²) in [5.41, 5.74) is 0. The van der Waals surface area contributed by atoms with E-state index in [0.717, 1.165) is 103 Å². The Morgan fingerprint density at radius 3 is 0.571 bits per heavy atom. The molecule has 0 fully saturated rings. The lowest BCUT2D eigenvalue weighted by atomic mass is 10.0. The Morgan fingerprint density at radius 2 is 0.386 bits per heavy atom. The second-order valence-electron chi connectivity index (χ2n) is 18.5. The number of allylic oxidation sites excluding steroid dienone is 24. The van der Waals surface area contributed by atoms with E-state index in [2.05, 4.69) is 160 Å². The van der Waals surface area contributed by atoms with Crippen LogP contribution in [0.15, 0.2) is 146 Å². The van der Waals surface area contributed by atoms with Crippen LogP contribution in [0.3, 0.4) is 0 Å². The van der Waals surface area contributed by atoms with Crippen molar-refractivity contribution in [3.8, 4) is 0 Å². The van der Waals surface area contributed by atoms with E-state index in [9.17, 15) is 9.59 Å². The third-order valence-corrected chi connectivity index (χ3v) is 11.7. The zero-order chi connectivity index (χ0) is 51.0. The Morgan fingerprint density at radius 1 is 0.229 bits per heavy atom. The molecule has 0 unspecified atom stereocenters. The van der Waals surface area contributed by atoms with Gasteiger partial charge < -0.3 is 10.2 Å². The summed E-state index contributed by atoms with van der Waals surface area (Å²) in [4.78, 5) is 20.9. The number of aliphatic carboxylic acids is 2. The monoisotopic (exact) mass is 965 g/mol. The average molecular weight is 966 g/mol. The topological polar surface area (TPSA) is 74.6 Å². The molecule has 0 rings (SSSR count). The van der Waals surface area contributed by atoms with Gasteiger partial charge in [-0.2, -0.15) is 0 Å². The highest BCUT2D eigenvalue weighted by Gasteiger charge is 1.98. The summed E-state index contributed by atoms with van der Waals surface area (Å²) in [6.07, 6.45) is 97.2. The highest BCUT2D eigenvalue weighted by atomic mass is 16.4. The molecule has 4 nitrogen and oxygen atoms in total. The van der Waals surface area contributed by atoms with Crippen molar-refractivity contribution in [2.24, 2.45) is 0 Å². The molecule has 0 saturated heterocycles. The molecule has 396 valence electrons. The Balaban J connectivity index is 0. The van der Waals surface area contributed by atoms with Crippen LogP contribution in [-0.4, -0.2) is 22.2 Å². The van der Waals surface area contributed by atoms with E-state index >= 15 is 0 Å². The summed E-state index contributed by atoms with van der Waals surface area (Å²) in [5, 5.41) is 17.2. The van der Waals surface area contributed by atoms with Crippen molar-refractivity contribution in [1.29, 1.82) is 0 Å². The molecule has 0 aliphatic rings. The maximum absolute atomic E-state index is 10.5. The lowest BCUT2D eigenvalue weighted by Crippen LogP contribution is -1.93. The minimum absolute atomic E-state index is 0.330. The Bertz CT molecular complexity index is 1460. The van der Waals surface area contributed by atoms with Crippen LogP contribution in [0, 0.1) is 0 Å². The fourth-order valence-corrected chi connectivity index (χ4v) is 7.54. The molecule has 0 aromatic carbocycles. The van der Waals surface area contributed by atoms with E-state index in [1.54, 1.807) is 0 Å². The third kappa shape index (κ3) is 70.4. The van der Waals surface area contributed by atoms with E-state index in [4.69, 9.17) is 10.2 Å². The van der Waals surface area contributed by atoms with Crippen molar-refractivity contribution in [2.45, 2.75) is 258 Å². The minimum atomic E-state index is -0.663. The molecule has 0 bridgehead atoms. The standard InChI is InChI=1S/C34H56O2.C32H52O2/c1-2-3-4-5-6-7-8-9-10-11-12-13-14-15-16-17-18-19-20-21-22-23-24-25-26-27-28-29-30-31-32-33-34(35)36;1-2-3-4-5-6-7-8-9-10-11-12-13-14-15-16-17-18-19-20-21-22-23-24-25-26-27-28-29-30-31-32(33)34/h3-4,6-7,9-10,12-13,15-16,18-19H,2,5,8,11,14,17,20-33H2,1H3,(H,35,36);3-4,6-7,9-10,12-13,15-16,18-19H,2,5,8,11,14,17,20-31H2,1H3,(H,33,34)/b2*4-3-,7-6-,10-9-,13-12-,16-15-,19-18-. The van der Waals surface area contributed by atoms with Crippen LogP contribution in [0.5, 0.6) is 0 Å². The second kappa shape index (κ2) is 64.8. The summed E-state index contributed by atoms with van der Waals surface area (Å²) >= 11 is 0. The summed E-state index contributed by atoms with van der Waals surface area (Å²) in [6.45, 7) is 4.33. The predicted octanol–water partition coefficient (Wildman–Crippen LogP) is 21.7. The SMILES string of the molecule is CC/C=C\C/C=C\C/C=C\C/C=C\C/C=C\C/C=C\CCCCCCCCCCCCC(=O)O.CC/C=C\C/C=C\C/C=C\C/C=C\C/C=C\C/C=C\CCCCCCCCCCCCCCC(=O)O. The summed E-state index contributed by atoms with van der Waals surface area (Å²) < 4.78 is 0. The van der Waals surface area contributed by atoms with Gasteiger partial charge in [-0.15, -0.1) is 0 Å². The molecule has 0 radical (unpaired) electrons. The van der Waals surface area contributed by atoms with Crippen LogP contribution in [0.4, 0.5) is 0 Å². The van der Waals surface area contributed by atoms with Gasteiger partial charge in [0.15, 0.2) is 0 Å². The van der Waals surface area contributed by atoms with Crippen molar-refractivity contribution in [2.75, 3.05) is 0 Å². The summed E-state index contributed by atoms with van der Waals surface area (Å²) in [6, 6.07) is 0. The van der Waals surface area contributed by atoms with E-state index < -0.39 is 11.9 Å². The molecule has 4 heteroatoms. The first-order valence-electron chi connectivity index (χ1n) is 28.8. The molecule has 0 spiro atoms. The number of carboxylic acid groups (broad SMARTS) is 2. The highest BCUT2D eigenvalue weighted by Crippen LogP contribution is 2.14. The fourth-order valence-electron chi connectivity index (χ4n) is 7.54. The van der Waals surface area contributed by atoms with E-state index in [1.807, 2.05) is 0 Å². The maximum Gasteiger partial charge on any atom is 0.303 e. The zero-order valence-corrected chi connectivity index (χ0v) is 45.4. The lowest BCUT2D eigenvalue weighted by Gasteiger charge is -2.02. The molecular weight excluding hydrogens is 857 g/mol. The maximum atomic E-state index is 10.5. The van der Waals surface area contributed by atoms with Gasteiger partial charge in [0, 0.05) is 12.8 Å². The highest BCUT2D eigenvalue weighted by molar-refractivity contribution is 5.66. The fraction of sp³-hybridized carbons (Fsp3) is 0.606. The molecule has 0 saturated carbocycles. The van der Waals surface area contributed by atoms with Gasteiger partial charge in [-0.1, -0.05) is 275 Å². The van der Waals surface area contributed by atoms with E-state index in [0.29, 0.717) is 12.8 Å². The van der Waals surface area contributed by atoms with Crippen molar-refractivity contribution in [1.82, 2.24) is 0 Å². The van der Waals surface area contributed by atoms with Gasteiger partial charge in [0.1, 0.15) is 0 Å².